The van der Waals surface area contributed by atoms with E-state index in [-0.39, 0.29) is 29.0 Å². The Balaban J connectivity index is 2.17. The van der Waals surface area contributed by atoms with Crippen molar-refractivity contribution in [2.24, 2.45) is 0 Å². The Labute approximate surface area is 146 Å². The van der Waals surface area contributed by atoms with E-state index in [2.05, 4.69) is 24.9 Å². The van der Waals surface area contributed by atoms with E-state index in [0.717, 1.165) is 6.07 Å². The van der Waals surface area contributed by atoms with Crippen molar-refractivity contribution in [2.45, 2.75) is 32.6 Å². The number of alkyl halides is 4. The van der Waals surface area contributed by atoms with Gasteiger partial charge in [-0.25, -0.2) is 0 Å². The Hall–Kier alpha value is -2.62. The van der Waals surface area contributed by atoms with Crippen LogP contribution in [0.2, 0.25) is 0 Å². The minimum Gasteiger partial charge on any atom is -0.435 e. The van der Waals surface area contributed by atoms with Crippen molar-refractivity contribution < 1.29 is 31.6 Å². The third-order valence-electron chi connectivity index (χ3n) is 3.30. The Morgan fingerprint density at radius 2 is 1.88 bits per heavy atom. The van der Waals surface area contributed by atoms with Crippen LogP contribution in [0.4, 0.5) is 17.6 Å². The smallest absolute Gasteiger partial charge is 0.387 e. The monoisotopic (exact) mass is 375 g/mol. The van der Waals surface area contributed by atoms with E-state index in [1.165, 1.54) is 24.3 Å². The summed E-state index contributed by atoms with van der Waals surface area (Å²) in [6, 6.07) is 3.61. The van der Waals surface area contributed by atoms with Crippen LogP contribution in [-0.2, 0) is 6.42 Å². The third-order valence-corrected chi connectivity index (χ3v) is 3.30. The number of nitrogens with zero attached hydrogens (tertiary/aromatic N) is 2. The highest BCUT2D eigenvalue weighted by molar-refractivity contribution is 5.70. The highest BCUT2D eigenvalue weighted by atomic mass is 19.3. The summed E-state index contributed by atoms with van der Waals surface area (Å²) < 4.78 is 63.1. The molecule has 0 radical (unpaired) electrons. The third kappa shape index (κ3) is 6.03. The molecular weight excluding hydrogens is 358 g/mol. The molecule has 0 bridgehead atoms. The zero-order valence-electron chi connectivity index (χ0n) is 14.0. The molecule has 1 unspecified atom stereocenters. The van der Waals surface area contributed by atoms with Crippen molar-refractivity contribution in [2.75, 3.05) is 7.05 Å². The predicted octanol–water partition coefficient (Wildman–Crippen LogP) is 3.59. The van der Waals surface area contributed by atoms with Crippen LogP contribution in [0.3, 0.4) is 0 Å². The molecular formula is C16H17F4N3O3. The van der Waals surface area contributed by atoms with E-state index in [0.29, 0.717) is 12.2 Å². The molecule has 1 heterocycles. The van der Waals surface area contributed by atoms with E-state index in [9.17, 15) is 17.6 Å². The number of likely N-dealkylation sites (N-methyl/N-ethyl adjacent to an activating group) is 1. The summed E-state index contributed by atoms with van der Waals surface area (Å²) in [5.74, 6) is 0.0299. The Bertz CT molecular complexity index is 737. The van der Waals surface area contributed by atoms with Gasteiger partial charge in [-0.3, -0.25) is 0 Å². The summed E-state index contributed by atoms with van der Waals surface area (Å²) in [5, 5.41) is 6.83. The summed E-state index contributed by atoms with van der Waals surface area (Å²) in [7, 11) is 1.80. The molecule has 0 aliphatic heterocycles. The summed E-state index contributed by atoms with van der Waals surface area (Å²) in [6.07, 6.45) is 3.34. The van der Waals surface area contributed by atoms with Gasteiger partial charge in [0.2, 0.25) is 0 Å². The summed E-state index contributed by atoms with van der Waals surface area (Å²) in [6.45, 7) is -4.25. The first kappa shape index (κ1) is 19.7. The topological polar surface area (TPSA) is 69.4 Å². The SMILES string of the molecule is CNC(C)Cc1noc(/C=C/c2ccc(OC(F)F)cc2OC(F)F)n1. The average molecular weight is 375 g/mol. The van der Waals surface area contributed by atoms with Gasteiger partial charge < -0.3 is 19.3 Å². The minimum absolute atomic E-state index is 0.151. The second kappa shape index (κ2) is 9.18. The number of benzene rings is 1. The van der Waals surface area contributed by atoms with Crippen molar-refractivity contribution >= 4 is 12.2 Å². The van der Waals surface area contributed by atoms with Crippen LogP contribution in [0.1, 0.15) is 24.2 Å². The molecule has 1 N–H and O–H groups in total. The fourth-order valence-corrected chi connectivity index (χ4v) is 1.98. The quantitative estimate of drug-likeness (QED) is 0.676. The zero-order valence-corrected chi connectivity index (χ0v) is 14.0. The molecule has 0 saturated heterocycles. The molecule has 0 aliphatic carbocycles. The molecule has 1 aromatic carbocycles. The number of hydrogen-bond donors (Lipinski definition) is 1. The van der Waals surface area contributed by atoms with Crippen LogP contribution in [0.15, 0.2) is 22.7 Å². The van der Waals surface area contributed by atoms with Crippen LogP contribution >= 0.6 is 0 Å². The molecule has 142 valence electrons. The normalized spacial score (nSPS) is 12.9. The molecule has 0 aliphatic rings. The molecule has 0 amide bonds. The molecule has 1 atom stereocenters. The van der Waals surface area contributed by atoms with Gasteiger partial charge in [0.1, 0.15) is 11.5 Å². The number of hydrogen-bond acceptors (Lipinski definition) is 6. The number of rotatable bonds is 9. The molecule has 1 aromatic heterocycles. The Morgan fingerprint density at radius 1 is 1.15 bits per heavy atom. The van der Waals surface area contributed by atoms with Crippen LogP contribution in [0.25, 0.3) is 12.2 Å². The van der Waals surface area contributed by atoms with Gasteiger partial charge in [0.15, 0.2) is 5.82 Å². The van der Waals surface area contributed by atoms with Gasteiger partial charge in [-0.2, -0.15) is 22.5 Å². The van der Waals surface area contributed by atoms with Crippen molar-refractivity contribution in [3.63, 3.8) is 0 Å². The molecule has 0 spiro atoms. The Kier molecular flexibility index (Phi) is 6.96. The van der Waals surface area contributed by atoms with Gasteiger partial charge in [-0.05, 0) is 32.2 Å². The standard InChI is InChI=1S/C16H17F4N3O3/c1-9(21-2)7-13-22-14(26-23-13)6-4-10-3-5-11(24-15(17)18)8-12(10)25-16(19)20/h3-6,8-9,15-16,21H,7H2,1-2H3/b6-4+. The summed E-state index contributed by atoms with van der Waals surface area (Å²) in [4.78, 5) is 4.14. The lowest BCUT2D eigenvalue weighted by Crippen LogP contribution is -2.24. The number of nitrogens with one attached hydrogen (secondary N) is 1. The molecule has 10 heteroatoms. The molecule has 26 heavy (non-hydrogen) atoms. The van der Waals surface area contributed by atoms with Gasteiger partial charge in [0.05, 0.1) is 0 Å². The lowest BCUT2D eigenvalue weighted by molar-refractivity contribution is -0.0543. The van der Waals surface area contributed by atoms with Crippen molar-refractivity contribution in [1.82, 2.24) is 15.5 Å². The van der Waals surface area contributed by atoms with E-state index < -0.39 is 13.2 Å². The molecule has 6 nitrogen and oxygen atoms in total. The fraction of sp³-hybridized carbons (Fsp3) is 0.375. The van der Waals surface area contributed by atoms with Gasteiger partial charge in [-0.1, -0.05) is 5.16 Å². The average Bonchev–Trinajstić information content (AvgIpc) is 3.00. The van der Waals surface area contributed by atoms with Gasteiger partial charge in [-0.15, -0.1) is 0 Å². The van der Waals surface area contributed by atoms with Crippen molar-refractivity contribution in [3.05, 3.63) is 35.5 Å². The number of aromatic nitrogens is 2. The van der Waals surface area contributed by atoms with E-state index in [4.69, 9.17) is 4.52 Å². The largest absolute Gasteiger partial charge is 0.435 e. The van der Waals surface area contributed by atoms with Crippen LogP contribution < -0.4 is 14.8 Å². The highest BCUT2D eigenvalue weighted by Crippen LogP contribution is 2.29. The second-order valence-electron chi connectivity index (χ2n) is 5.23. The van der Waals surface area contributed by atoms with Gasteiger partial charge in [0.25, 0.3) is 5.89 Å². The van der Waals surface area contributed by atoms with E-state index >= 15 is 0 Å². The van der Waals surface area contributed by atoms with E-state index in [1.54, 1.807) is 7.05 Å². The Morgan fingerprint density at radius 3 is 2.54 bits per heavy atom. The first-order chi connectivity index (χ1) is 12.4. The fourth-order valence-electron chi connectivity index (χ4n) is 1.98. The van der Waals surface area contributed by atoms with Gasteiger partial charge >= 0.3 is 13.2 Å². The van der Waals surface area contributed by atoms with Gasteiger partial charge in [0, 0.05) is 30.2 Å². The highest BCUT2D eigenvalue weighted by Gasteiger charge is 2.13. The predicted molar refractivity (Wildman–Crippen MR) is 85.2 cm³/mol. The maximum atomic E-state index is 12.5. The molecule has 2 aromatic rings. The number of ether oxygens (including phenoxy) is 2. The maximum Gasteiger partial charge on any atom is 0.387 e. The lowest BCUT2D eigenvalue weighted by Gasteiger charge is -2.10. The molecule has 0 saturated carbocycles. The molecule has 0 fully saturated rings. The van der Waals surface area contributed by atoms with E-state index in [1.807, 2.05) is 6.92 Å². The van der Waals surface area contributed by atoms with Crippen molar-refractivity contribution in [3.8, 4) is 11.5 Å². The summed E-state index contributed by atoms with van der Waals surface area (Å²) in [5.41, 5.74) is 0.204. The molecule has 2 rings (SSSR count). The van der Waals surface area contributed by atoms with Crippen LogP contribution in [0.5, 0.6) is 11.5 Å². The van der Waals surface area contributed by atoms with Crippen LogP contribution in [0, 0.1) is 0 Å². The number of halogens is 4. The maximum absolute atomic E-state index is 12.5. The first-order valence-electron chi connectivity index (χ1n) is 7.59. The van der Waals surface area contributed by atoms with Crippen molar-refractivity contribution in [1.29, 1.82) is 0 Å². The zero-order chi connectivity index (χ0) is 19.1. The second-order valence-corrected chi connectivity index (χ2v) is 5.23. The summed E-state index contributed by atoms with van der Waals surface area (Å²) >= 11 is 0. The minimum atomic E-state index is -3.12. The van der Waals surface area contributed by atoms with Crippen LogP contribution in [-0.4, -0.2) is 36.5 Å². The lowest BCUT2D eigenvalue weighted by atomic mass is 10.1. The first-order valence-corrected chi connectivity index (χ1v) is 7.59.